The number of hydrogen-bond acceptors (Lipinski definition) is 4. The number of ether oxygens (including phenoxy) is 1. The SMILES string of the molecule is COCCN(C[S-])C[S-]. The molecule has 9 heavy (non-hydrogen) atoms. The van der Waals surface area contributed by atoms with Gasteiger partial charge in [-0.3, -0.25) is 0 Å². The minimum absolute atomic E-state index is 0.604. The van der Waals surface area contributed by atoms with Crippen molar-refractivity contribution in [2.24, 2.45) is 0 Å². The molecule has 0 aliphatic heterocycles. The Balaban J connectivity index is 3.09. The van der Waals surface area contributed by atoms with Crippen molar-refractivity contribution in [2.75, 3.05) is 32.0 Å². The van der Waals surface area contributed by atoms with Gasteiger partial charge in [-0.2, -0.15) is 0 Å². The van der Waals surface area contributed by atoms with Crippen LogP contribution in [-0.4, -0.2) is 36.9 Å². The van der Waals surface area contributed by atoms with Gasteiger partial charge in [0.15, 0.2) is 0 Å². The lowest BCUT2D eigenvalue weighted by Crippen LogP contribution is -2.27. The molecular weight excluding hydrogens is 154 g/mol. The Morgan fingerprint density at radius 3 is 2.22 bits per heavy atom. The lowest BCUT2D eigenvalue weighted by Gasteiger charge is -2.28. The highest BCUT2D eigenvalue weighted by Crippen LogP contribution is 1.83. The van der Waals surface area contributed by atoms with Crippen LogP contribution in [0.1, 0.15) is 0 Å². The monoisotopic (exact) mass is 165 g/mol. The molecule has 0 fully saturated rings. The van der Waals surface area contributed by atoms with Crippen molar-refractivity contribution in [1.29, 1.82) is 0 Å². The molecule has 0 saturated carbocycles. The second-order valence-electron chi connectivity index (χ2n) is 1.65. The van der Waals surface area contributed by atoms with E-state index in [2.05, 4.69) is 0 Å². The molecule has 2 nitrogen and oxygen atoms in total. The van der Waals surface area contributed by atoms with Crippen LogP contribution in [0.4, 0.5) is 0 Å². The summed E-state index contributed by atoms with van der Waals surface area (Å²) in [7, 11) is 1.67. The van der Waals surface area contributed by atoms with E-state index in [0.717, 1.165) is 6.54 Å². The van der Waals surface area contributed by atoms with Crippen LogP contribution >= 0.6 is 0 Å². The van der Waals surface area contributed by atoms with Crippen molar-refractivity contribution in [3.05, 3.63) is 0 Å². The van der Waals surface area contributed by atoms with Crippen LogP contribution in [0.3, 0.4) is 0 Å². The number of hydrogen-bond donors (Lipinski definition) is 0. The fourth-order valence-electron chi connectivity index (χ4n) is 0.387. The van der Waals surface area contributed by atoms with Crippen molar-refractivity contribution >= 4 is 25.3 Å². The Hall–Kier alpha value is 0.620. The molecule has 0 aliphatic rings. The first-order valence-electron chi connectivity index (χ1n) is 2.72. The Morgan fingerprint density at radius 2 is 1.89 bits per heavy atom. The highest BCUT2D eigenvalue weighted by molar-refractivity contribution is 7.59. The van der Waals surface area contributed by atoms with E-state index in [-0.39, 0.29) is 0 Å². The summed E-state index contributed by atoms with van der Waals surface area (Å²) in [5, 5.41) is 0. The van der Waals surface area contributed by atoms with Gasteiger partial charge in [-0.25, -0.2) is 0 Å². The second-order valence-corrected chi connectivity index (χ2v) is 2.16. The minimum Gasteiger partial charge on any atom is -0.777 e. The molecule has 0 aromatic rings. The van der Waals surface area contributed by atoms with Gasteiger partial charge < -0.3 is 34.9 Å². The third-order valence-corrected chi connectivity index (χ3v) is 1.71. The fourth-order valence-corrected chi connectivity index (χ4v) is 0.943. The molecule has 0 unspecified atom stereocenters. The molecule has 0 amide bonds. The van der Waals surface area contributed by atoms with Gasteiger partial charge in [0.2, 0.25) is 0 Å². The lowest BCUT2D eigenvalue weighted by molar-refractivity contribution is 0.167. The topological polar surface area (TPSA) is 12.5 Å². The van der Waals surface area contributed by atoms with Crippen LogP contribution in [0.5, 0.6) is 0 Å². The summed E-state index contributed by atoms with van der Waals surface area (Å²) < 4.78 is 4.84. The molecular formula is C5H11NOS2-2. The van der Waals surface area contributed by atoms with Gasteiger partial charge in [-0.1, -0.05) is 0 Å². The average Bonchev–Trinajstić information content (AvgIpc) is 1.91. The Kier molecular flexibility index (Phi) is 7.20. The summed E-state index contributed by atoms with van der Waals surface area (Å²) >= 11 is 9.58. The van der Waals surface area contributed by atoms with Crippen LogP contribution < -0.4 is 0 Å². The van der Waals surface area contributed by atoms with Gasteiger partial charge >= 0.3 is 0 Å². The molecule has 0 radical (unpaired) electrons. The van der Waals surface area contributed by atoms with Crippen molar-refractivity contribution < 1.29 is 4.74 Å². The van der Waals surface area contributed by atoms with Gasteiger partial charge in [0.25, 0.3) is 0 Å². The van der Waals surface area contributed by atoms with Gasteiger partial charge in [-0.15, -0.1) is 11.8 Å². The molecule has 0 aliphatic carbocycles. The maximum Gasteiger partial charge on any atom is 0.0588 e. The highest BCUT2D eigenvalue weighted by Gasteiger charge is 1.87. The quantitative estimate of drug-likeness (QED) is 0.529. The van der Waals surface area contributed by atoms with Gasteiger partial charge in [0.1, 0.15) is 0 Å². The summed E-state index contributed by atoms with van der Waals surface area (Å²) in [6.45, 7) is 1.57. The molecule has 0 saturated heterocycles. The molecule has 0 heterocycles. The molecule has 0 atom stereocenters. The smallest absolute Gasteiger partial charge is 0.0588 e. The predicted molar refractivity (Wildman–Crippen MR) is 43.0 cm³/mol. The molecule has 0 N–H and O–H groups in total. The average molecular weight is 165 g/mol. The number of rotatable bonds is 5. The molecule has 0 rings (SSSR count). The predicted octanol–water partition coefficient (Wildman–Crippen LogP) is -0.0564. The van der Waals surface area contributed by atoms with Crippen molar-refractivity contribution in [2.45, 2.75) is 0 Å². The van der Waals surface area contributed by atoms with Gasteiger partial charge in [0.05, 0.1) is 6.61 Å². The summed E-state index contributed by atoms with van der Waals surface area (Å²) in [5.41, 5.74) is 0. The molecule has 0 spiro atoms. The van der Waals surface area contributed by atoms with E-state index in [1.165, 1.54) is 0 Å². The third kappa shape index (κ3) is 5.08. The normalized spacial score (nSPS) is 10.7. The maximum absolute atomic E-state index is 4.84. The van der Waals surface area contributed by atoms with E-state index in [1.807, 2.05) is 4.90 Å². The third-order valence-electron chi connectivity index (χ3n) is 0.977. The molecule has 0 bridgehead atoms. The number of methoxy groups -OCH3 is 1. The van der Waals surface area contributed by atoms with E-state index in [4.69, 9.17) is 30.0 Å². The molecule has 56 valence electrons. The lowest BCUT2D eigenvalue weighted by atomic mass is 10.6. The van der Waals surface area contributed by atoms with Crippen molar-refractivity contribution in [3.8, 4) is 0 Å². The highest BCUT2D eigenvalue weighted by atomic mass is 32.1. The maximum atomic E-state index is 4.84. The van der Waals surface area contributed by atoms with Crippen molar-refractivity contribution in [3.63, 3.8) is 0 Å². The first-order valence-corrected chi connectivity index (χ1v) is 3.88. The Bertz CT molecular complexity index is 58.9. The summed E-state index contributed by atoms with van der Waals surface area (Å²) in [5.74, 6) is 1.21. The summed E-state index contributed by atoms with van der Waals surface area (Å²) in [6.07, 6.45) is 0. The first-order chi connectivity index (χ1) is 4.35. The standard InChI is InChI=1S/C5H13NOS2/c1-7-3-2-6(4-8)5-9/h8-9H,2-5H2,1H3/p-2. The Morgan fingerprint density at radius 1 is 1.33 bits per heavy atom. The second kappa shape index (κ2) is 6.74. The zero-order valence-corrected chi connectivity index (χ0v) is 7.13. The van der Waals surface area contributed by atoms with Crippen LogP contribution in [0.2, 0.25) is 0 Å². The van der Waals surface area contributed by atoms with Gasteiger partial charge in [0, 0.05) is 13.7 Å². The Labute approximate surface area is 67.4 Å². The zero-order chi connectivity index (χ0) is 7.11. The molecule has 0 aromatic carbocycles. The largest absolute Gasteiger partial charge is 0.777 e. The fraction of sp³-hybridized carbons (Fsp3) is 1.00. The van der Waals surface area contributed by atoms with E-state index in [0.29, 0.717) is 18.4 Å². The van der Waals surface area contributed by atoms with E-state index >= 15 is 0 Å². The van der Waals surface area contributed by atoms with Gasteiger partial charge in [-0.05, 0) is 0 Å². The van der Waals surface area contributed by atoms with Crippen LogP contribution in [0, 0.1) is 0 Å². The minimum atomic E-state index is 0.604. The van der Waals surface area contributed by atoms with E-state index < -0.39 is 0 Å². The van der Waals surface area contributed by atoms with Crippen LogP contribution in [0.25, 0.3) is 0 Å². The van der Waals surface area contributed by atoms with E-state index in [1.54, 1.807) is 7.11 Å². The van der Waals surface area contributed by atoms with Crippen LogP contribution in [0.15, 0.2) is 0 Å². The summed E-state index contributed by atoms with van der Waals surface area (Å²) in [6, 6.07) is 0. The molecule has 4 heteroatoms. The van der Waals surface area contributed by atoms with Crippen molar-refractivity contribution in [1.82, 2.24) is 4.90 Å². The van der Waals surface area contributed by atoms with Crippen LogP contribution in [-0.2, 0) is 30.0 Å². The number of nitrogens with zero attached hydrogens (tertiary/aromatic N) is 1. The molecule has 0 aromatic heterocycles. The first kappa shape index (κ1) is 9.62. The summed E-state index contributed by atoms with van der Waals surface area (Å²) in [4.78, 5) is 1.97. The van der Waals surface area contributed by atoms with E-state index in [9.17, 15) is 0 Å². The zero-order valence-electron chi connectivity index (χ0n) is 5.50.